The molecular weight excluding hydrogens is 402 g/mol. The van der Waals surface area contributed by atoms with Crippen molar-refractivity contribution in [2.75, 3.05) is 11.9 Å². The number of hydrogen-bond donors (Lipinski definition) is 2. The lowest BCUT2D eigenvalue weighted by molar-refractivity contribution is 0.102. The van der Waals surface area contributed by atoms with Crippen molar-refractivity contribution >= 4 is 22.9 Å². The fraction of sp³-hybridized carbons (Fsp3) is 0.263. The van der Waals surface area contributed by atoms with E-state index in [1.807, 2.05) is 0 Å². The molecule has 1 aromatic carbocycles. The van der Waals surface area contributed by atoms with Crippen LogP contribution in [0, 0.1) is 11.6 Å². The highest BCUT2D eigenvalue weighted by Gasteiger charge is 2.19. The van der Waals surface area contributed by atoms with Crippen molar-refractivity contribution < 1.29 is 23.4 Å². The molecule has 0 fully saturated rings. The summed E-state index contributed by atoms with van der Waals surface area (Å²) in [6.07, 6.45) is 3.40. The number of carbonyl (C=O) groups is 1. The van der Waals surface area contributed by atoms with E-state index >= 15 is 0 Å². The summed E-state index contributed by atoms with van der Waals surface area (Å²) in [4.78, 5) is 24.4. The van der Waals surface area contributed by atoms with Crippen molar-refractivity contribution in [3.8, 4) is 16.5 Å². The van der Waals surface area contributed by atoms with E-state index in [4.69, 9.17) is 4.74 Å². The first-order valence-electron chi connectivity index (χ1n) is 8.78. The van der Waals surface area contributed by atoms with Crippen LogP contribution in [0.4, 0.5) is 14.5 Å². The fourth-order valence-corrected chi connectivity index (χ4v) is 3.29. The number of nitrogens with zero attached hydrogens (tertiary/aromatic N) is 3. The molecule has 0 aliphatic rings. The van der Waals surface area contributed by atoms with E-state index in [0.717, 1.165) is 23.5 Å². The molecule has 7 nitrogen and oxygen atoms in total. The second-order valence-corrected chi connectivity index (χ2v) is 7.03. The van der Waals surface area contributed by atoms with Gasteiger partial charge in [-0.15, -0.1) is 11.3 Å². The molecule has 0 saturated heterocycles. The number of aliphatic hydroxyl groups is 1. The molecule has 0 radical (unpaired) electrons. The second kappa shape index (κ2) is 9.48. The van der Waals surface area contributed by atoms with Crippen LogP contribution in [0.5, 0.6) is 5.88 Å². The quantitative estimate of drug-likeness (QED) is 0.540. The van der Waals surface area contributed by atoms with Crippen LogP contribution in [0.1, 0.15) is 30.3 Å². The van der Waals surface area contributed by atoms with Crippen molar-refractivity contribution in [3.05, 3.63) is 53.4 Å². The minimum atomic E-state index is -0.754. The maximum absolute atomic E-state index is 13.9. The average molecular weight is 420 g/mol. The fourth-order valence-electron chi connectivity index (χ4n) is 2.45. The first-order valence-corrected chi connectivity index (χ1v) is 9.65. The standard InChI is InChI=1S/C19H18F2N4O3S/c1-11(26)4-3-7-28-18-14(8-22-10-23-18)24-17(27)15-9-29-19(25-15)16-12(20)5-2-6-13(16)21/h2,5-6,8-11,26H,3-4,7H2,1H3,(H,24,27). The molecule has 1 amide bonds. The zero-order valence-corrected chi connectivity index (χ0v) is 16.2. The van der Waals surface area contributed by atoms with Gasteiger partial charge in [-0.3, -0.25) is 4.79 Å². The van der Waals surface area contributed by atoms with E-state index in [1.165, 1.54) is 24.0 Å². The average Bonchev–Trinajstić information content (AvgIpc) is 3.16. The molecule has 2 heterocycles. The molecule has 0 aliphatic carbocycles. The topological polar surface area (TPSA) is 97.2 Å². The smallest absolute Gasteiger partial charge is 0.275 e. The van der Waals surface area contributed by atoms with Crippen molar-refractivity contribution in [1.82, 2.24) is 15.0 Å². The number of hydrogen-bond acceptors (Lipinski definition) is 7. The van der Waals surface area contributed by atoms with Gasteiger partial charge in [0.05, 0.1) is 24.5 Å². The van der Waals surface area contributed by atoms with Crippen LogP contribution in [0.25, 0.3) is 10.6 Å². The summed E-state index contributed by atoms with van der Waals surface area (Å²) < 4.78 is 33.4. The number of halogens is 2. The van der Waals surface area contributed by atoms with E-state index in [1.54, 1.807) is 6.92 Å². The molecule has 1 unspecified atom stereocenters. The van der Waals surface area contributed by atoms with E-state index in [2.05, 4.69) is 20.3 Å². The number of aromatic nitrogens is 3. The molecule has 29 heavy (non-hydrogen) atoms. The largest absolute Gasteiger partial charge is 0.476 e. The highest BCUT2D eigenvalue weighted by Crippen LogP contribution is 2.29. The molecule has 152 valence electrons. The summed E-state index contributed by atoms with van der Waals surface area (Å²) in [6.45, 7) is 1.99. The normalized spacial score (nSPS) is 11.9. The molecule has 2 aromatic heterocycles. The third-order valence-electron chi connectivity index (χ3n) is 3.84. The van der Waals surface area contributed by atoms with Gasteiger partial charge in [-0.1, -0.05) is 6.07 Å². The van der Waals surface area contributed by atoms with Gasteiger partial charge in [-0.2, -0.15) is 4.98 Å². The Balaban J connectivity index is 1.71. The zero-order chi connectivity index (χ0) is 20.8. The Labute approximate surface area is 169 Å². The first kappa shape index (κ1) is 20.7. The number of thiazole rings is 1. The SMILES string of the molecule is CC(O)CCCOc1ncncc1NC(=O)c1csc(-c2c(F)cccc2F)n1. The zero-order valence-electron chi connectivity index (χ0n) is 15.4. The van der Waals surface area contributed by atoms with Gasteiger partial charge in [0.15, 0.2) is 0 Å². The molecule has 3 aromatic rings. The third-order valence-corrected chi connectivity index (χ3v) is 4.70. The minimum absolute atomic E-state index is 0.00318. The molecule has 3 rings (SSSR count). The van der Waals surface area contributed by atoms with Crippen molar-refractivity contribution in [3.63, 3.8) is 0 Å². The number of aliphatic hydroxyl groups excluding tert-OH is 1. The van der Waals surface area contributed by atoms with Gasteiger partial charge >= 0.3 is 0 Å². The highest BCUT2D eigenvalue weighted by molar-refractivity contribution is 7.13. The second-order valence-electron chi connectivity index (χ2n) is 6.17. The minimum Gasteiger partial charge on any atom is -0.476 e. The lowest BCUT2D eigenvalue weighted by atomic mass is 10.2. The Morgan fingerprint density at radius 3 is 2.83 bits per heavy atom. The molecule has 0 bridgehead atoms. The number of anilines is 1. The molecule has 0 spiro atoms. The van der Waals surface area contributed by atoms with Crippen molar-refractivity contribution in [2.45, 2.75) is 25.9 Å². The number of benzene rings is 1. The summed E-state index contributed by atoms with van der Waals surface area (Å²) in [6, 6.07) is 3.51. The van der Waals surface area contributed by atoms with Gasteiger partial charge in [0.1, 0.15) is 34.4 Å². The maximum atomic E-state index is 13.9. The van der Waals surface area contributed by atoms with Crippen molar-refractivity contribution in [2.24, 2.45) is 0 Å². The summed E-state index contributed by atoms with van der Waals surface area (Å²) in [5, 5.41) is 13.3. The van der Waals surface area contributed by atoms with Crippen molar-refractivity contribution in [1.29, 1.82) is 0 Å². The van der Waals surface area contributed by atoms with E-state index < -0.39 is 23.6 Å². The van der Waals surface area contributed by atoms with Gasteiger partial charge in [-0.05, 0) is 31.9 Å². The van der Waals surface area contributed by atoms with Crippen LogP contribution in [-0.2, 0) is 0 Å². The van der Waals surface area contributed by atoms with Gasteiger partial charge in [0, 0.05) is 5.38 Å². The Hall–Kier alpha value is -2.98. The van der Waals surface area contributed by atoms with Gasteiger partial charge in [-0.25, -0.2) is 18.7 Å². The van der Waals surface area contributed by atoms with E-state index in [9.17, 15) is 18.7 Å². The van der Waals surface area contributed by atoms with Crippen LogP contribution in [-0.4, -0.2) is 38.7 Å². The number of nitrogens with one attached hydrogen (secondary N) is 1. The van der Waals surface area contributed by atoms with Crippen LogP contribution in [0.3, 0.4) is 0 Å². The Morgan fingerprint density at radius 2 is 2.10 bits per heavy atom. The third kappa shape index (κ3) is 5.30. The number of rotatable bonds is 8. The summed E-state index contributed by atoms with van der Waals surface area (Å²) >= 11 is 0.955. The lowest BCUT2D eigenvalue weighted by Crippen LogP contribution is -2.14. The maximum Gasteiger partial charge on any atom is 0.275 e. The predicted molar refractivity (Wildman–Crippen MR) is 104 cm³/mol. The van der Waals surface area contributed by atoms with Crippen LogP contribution >= 0.6 is 11.3 Å². The van der Waals surface area contributed by atoms with Crippen LogP contribution in [0.15, 0.2) is 36.1 Å². The molecule has 0 aliphatic heterocycles. The Morgan fingerprint density at radius 1 is 1.34 bits per heavy atom. The van der Waals surface area contributed by atoms with Gasteiger partial charge in [0.25, 0.3) is 5.91 Å². The summed E-state index contributed by atoms with van der Waals surface area (Å²) in [5.74, 6) is -1.92. The van der Waals surface area contributed by atoms with E-state index in [-0.39, 0.29) is 27.8 Å². The Bertz CT molecular complexity index is 977. The molecular formula is C19H18F2N4O3S. The van der Waals surface area contributed by atoms with E-state index in [0.29, 0.717) is 19.4 Å². The number of carbonyl (C=O) groups excluding carboxylic acids is 1. The summed E-state index contributed by atoms with van der Waals surface area (Å²) in [7, 11) is 0. The monoisotopic (exact) mass is 420 g/mol. The van der Waals surface area contributed by atoms with Crippen LogP contribution < -0.4 is 10.1 Å². The van der Waals surface area contributed by atoms with Gasteiger partial charge in [0.2, 0.25) is 5.88 Å². The number of amides is 1. The molecule has 10 heteroatoms. The highest BCUT2D eigenvalue weighted by atomic mass is 32.1. The predicted octanol–water partition coefficient (Wildman–Crippen LogP) is 3.67. The molecule has 2 N–H and O–H groups in total. The lowest BCUT2D eigenvalue weighted by Gasteiger charge is -2.10. The van der Waals surface area contributed by atoms with Crippen LogP contribution in [0.2, 0.25) is 0 Å². The Kier molecular flexibility index (Phi) is 6.78. The molecule has 1 atom stereocenters. The first-order chi connectivity index (χ1) is 14.0. The van der Waals surface area contributed by atoms with Gasteiger partial charge < -0.3 is 15.2 Å². The number of ether oxygens (including phenoxy) is 1. The molecule has 0 saturated carbocycles. The summed E-state index contributed by atoms with van der Waals surface area (Å²) in [5.41, 5.74) is -0.0422.